The second kappa shape index (κ2) is 4.45. The number of carbonyl (C=O) groups is 1. The zero-order valence-electron chi connectivity index (χ0n) is 9.37. The summed E-state index contributed by atoms with van der Waals surface area (Å²) < 4.78 is 0. The topological polar surface area (TPSA) is 49.3 Å². The predicted octanol–water partition coefficient (Wildman–Crippen LogP) is 1.34. The molecule has 0 aliphatic heterocycles. The molecule has 0 saturated carbocycles. The lowest BCUT2D eigenvalue weighted by atomic mass is 9.95. The number of nitrogens with one attached hydrogen (secondary N) is 1. The van der Waals surface area contributed by atoms with Crippen LogP contribution in [-0.2, 0) is 10.4 Å². The minimum Gasteiger partial charge on any atom is -0.384 e. The number of aliphatic hydroxyl groups is 1. The Labute approximate surface area is 90.1 Å². The maximum absolute atomic E-state index is 10.8. The number of rotatable bonds is 3. The van der Waals surface area contributed by atoms with Crippen LogP contribution in [0.3, 0.4) is 0 Å². The molecular weight excluding hydrogens is 190 g/mol. The summed E-state index contributed by atoms with van der Waals surface area (Å²) in [4.78, 5) is 10.8. The summed E-state index contributed by atoms with van der Waals surface area (Å²) in [5.74, 6) is -0.137. The zero-order valence-corrected chi connectivity index (χ0v) is 9.37. The normalized spacial score (nSPS) is 14.4. The third-order valence-corrected chi connectivity index (χ3v) is 2.36. The average Bonchev–Trinajstić information content (AvgIpc) is 2.16. The highest BCUT2D eigenvalue weighted by Crippen LogP contribution is 2.19. The number of hydrogen-bond donors (Lipinski definition) is 2. The Morgan fingerprint density at radius 2 is 1.93 bits per heavy atom. The molecule has 3 heteroatoms. The van der Waals surface area contributed by atoms with Crippen molar-refractivity contribution in [1.29, 1.82) is 0 Å². The fraction of sp³-hybridized carbons (Fsp3) is 0.417. The summed E-state index contributed by atoms with van der Waals surface area (Å²) in [5.41, 5.74) is 0.940. The lowest BCUT2D eigenvalue weighted by Crippen LogP contribution is -2.37. The van der Waals surface area contributed by atoms with Gasteiger partial charge in [0.1, 0.15) is 5.60 Å². The van der Waals surface area contributed by atoms with Gasteiger partial charge in [-0.05, 0) is 19.4 Å². The number of amides is 1. The van der Waals surface area contributed by atoms with Crippen molar-refractivity contribution in [2.24, 2.45) is 0 Å². The van der Waals surface area contributed by atoms with Gasteiger partial charge in [-0.15, -0.1) is 0 Å². The molecule has 2 N–H and O–H groups in total. The summed E-state index contributed by atoms with van der Waals surface area (Å²) in [6.45, 7) is 5.34. The number of benzene rings is 1. The van der Waals surface area contributed by atoms with E-state index >= 15 is 0 Å². The molecule has 0 radical (unpaired) electrons. The van der Waals surface area contributed by atoms with Crippen LogP contribution in [0.25, 0.3) is 0 Å². The molecule has 0 aliphatic rings. The third kappa shape index (κ3) is 3.36. The molecule has 0 unspecified atom stereocenters. The van der Waals surface area contributed by atoms with Gasteiger partial charge in [-0.2, -0.15) is 0 Å². The summed E-state index contributed by atoms with van der Waals surface area (Å²) in [7, 11) is 0. The van der Waals surface area contributed by atoms with Gasteiger partial charge in [0.25, 0.3) is 0 Å². The monoisotopic (exact) mass is 207 g/mol. The van der Waals surface area contributed by atoms with Crippen molar-refractivity contribution >= 4 is 5.91 Å². The standard InChI is InChI=1S/C12H17NO2/c1-9-4-6-11(7-5-9)12(3,15)8-13-10(2)14/h4-7,15H,8H2,1-3H3,(H,13,14)/t12-/m1/s1. The maximum atomic E-state index is 10.8. The van der Waals surface area contributed by atoms with Crippen LogP contribution >= 0.6 is 0 Å². The van der Waals surface area contributed by atoms with E-state index in [1.54, 1.807) is 6.92 Å². The molecule has 1 aromatic rings. The van der Waals surface area contributed by atoms with E-state index in [1.807, 2.05) is 31.2 Å². The molecule has 15 heavy (non-hydrogen) atoms. The van der Waals surface area contributed by atoms with Gasteiger partial charge in [-0.3, -0.25) is 4.79 Å². The molecule has 0 bridgehead atoms. The Bertz CT molecular complexity index is 341. The van der Waals surface area contributed by atoms with Crippen molar-refractivity contribution in [3.63, 3.8) is 0 Å². The van der Waals surface area contributed by atoms with Crippen LogP contribution in [0, 0.1) is 6.92 Å². The first-order chi connectivity index (χ1) is 6.92. The Balaban J connectivity index is 2.76. The molecule has 82 valence electrons. The largest absolute Gasteiger partial charge is 0.384 e. The highest BCUT2D eigenvalue weighted by Gasteiger charge is 2.22. The second-order valence-corrected chi connectivity index (χ2v) is 4.05. The van der Waals surface area contributed by atoms with Gasteiger partial charge in [0.2, 0.25) is 5.91 Å². The first-order valence-corrected chi connectivity index (χ1v) is 4.96. The Morgan fingerprint density at radius 3 is 2.40 bits per heavy atom. The molecule has 0 saturated heterocycles. The number of carbonyl (C=O) groups excluding carboxylic acids is 1. The smallest absolute Gasteiger partial charge is 0.216 e. The molecule has 1 amide bonds. The van der Waals surface area contributed by atoms with E-state index < -0.39 is 5.60 Å². The minimum atomic E-state index is -1.01. The van der Waals surface area contributed by atoms with Crippen molar-refractivity contribution in [2.45, 2.75) is 26.4 Å². The van der Waals surface area contributed by atoms with Crippen LogP contribution in [0.4, 0.5) is 0 Å². The average molecular weight is 207 g/mol. The van der Waals surface area contributed by atoms with E-state index in [2.05, 4.69) is 5.32 Å². The highest BCUT2D eigenvalue weighted by molar-refractivity contribution is 5.72. The lowest BCUT2D eigenvalue weighted by Gasteiger charge is -2.24. The lowest BCUT2D eigenvalue weighted by molar-refractivity contribution is -0.120. The van der Waals surface area contributed by atoms with E-state index in [0.29, 0.717) is 0 Å². The van der Waals surface area contributed by atoms with E-state index in [-0.39, 0.29) is 12.5 Å². The Hall–Kier alpha value is -1.35. The number of hydrogen-bond acceptors (Lipinski definition) is 2. The molecule has 1 aromatic carbocycles. The Morgan fingerprint density at radius 1 is 1.40 bits per heavy atom. The van der Waals surface area contributed by atoms with Crippen LogP contribution < -0.4 is 5.32 Å². The van der Waals surface area contributed by atoms with Crippen molar-refractivity contribution in [3.05, 3.63) is 35.4 Å². The number of aryl methyl sites for hydroxylation is 1. The third-order valence-electron chi connectivity index (χ3n) is 2.36. The van der Waals surface area contributed by atoms with Gasteiger partial charge < -0.3 is 10.4 Å². The zero-order chi connectivity index (χ0) is 11.5. The Kier molecular flexibility index (Phi) is 3.48. The quantitative estimate of drug-likeness (QED) is 0.785. The maximum Gasteiger partial charge on any atom is 0.216 e. The molecule has 1 rings (SSSR count). The van der Waals surface area contributed by atoms with Crippen LogP contribution in [-0.4, -0.2) is 17.6 Å². The second-order valence-electron chi connectivity index (χ2n) is 4.05. The molecule has 0 spiro atoms. The van der Waals surface area contributed by atoms with Gasteiger partial charge in [0.15, 0.2) is 0 Å². The SMILES string of the molecule is CC(=O)NC[C@@](C)(O)c1ccc(C)cc1. The minimum absolute atomic E-state index is 0.137. The van der Waals surface area contributed by atoms with Crippen LogP contribution in [0.1, 0.15) is 25.0 Å². The van der Waals surface area contributed by atoms with Gasteiger partial charge in [-0.25, -0.2) is 0 Å². The summed E-state index contributed by atoms with van der Waals surface area (Å²) in [6, 6.07) is 7.63. The van der Waals surface area contributed by atoms with Crippen LogP contribution in [0.15, 0.2) is 24.3 Å². The first-order valence-electron chi connectivity index (χ1n) is 4.96. The van der Waals surface area contributed by atoms with Crippen LogP contribution in [0.2, 0.25) is 0 Å². The molecule has 3 nitrogen and oxygen atoms in total. The molecule has 0 aliphatic carbocycles. The van der Waals surface area contributed by atoms with E-state index in [0.717, 1.165) is 11.1 Å². The summed E-state index contributed by atoms with van der Waals surface area (Å²) in [6.07, 6.45) is 0. The van der Waals surface area contributed by atoms with E-state index in [9.17, 15) is 9.90 Å². The molecule has 0 fully saturated rings. The van der Waals surface area contributed by atoms with E-state index in [4.69, 9.17) is 0 Å². The van der Waals surface area contributed by atoms with Gasteiger partial charge in [-0.1, -0.05) is 29.8 Å². The molecular formula is C12H17NO2. The predicted molar refractivity (Wildman–Crippen MR) is 59.4 cm³/mol. The van der Waals surface area contributed by atoms with Crippen molar-refractivity contribution in [2.75, 3.05) is 6.54 Å². The molecule has 0 aromatic heterocycles. The van der Waals surface area contributed by atoms with Gasteiger partial charge in [0, 0.05) is 6.92 Å². The molecule has 0 heterocycles. The van der Waals surface area contributed by atoms with Crippen molar-refractivity contribution in [3.8, 4) is 0 Å². The van der Waals surface area contributed by atoms with Crippen molar-refractivity contribution < 1.29 is 9.90 Å². The summed E-state index contributed by atoms with van der Waals surface area (Å²) in [5, 5.41) is 12.7. The van der Waals surface area contributed by atoms with Gasteiger partial charge >= 0.3 is 0 Å². The van der Waals surface area contributed by atoms with Crippen molar-refractivity contribution in [1.82, 2.24) is 5.32 Å². The fourth-order valence-electron chi connectivity index (χ4n) is 1.31. The van der Waals surface area contributed by atoms with E-state index in [1.165, 1.54) is 6.92 Å². The highest BCUT2D eigenvalue weighted by atomic mass is 16.3. The fourth-order valence-corrected chi connectivity index (χ4v) is 1.31. The summed E-state index contributed by atoms with van der Waals surface area (Å²) >= 11 is 0. The molecule has 1 atom stereocenters. The first kappa shape index (κ1) is 11.7. The van der Waals surface area contributed by atoms with Gasteiger partial charge in [0.05, 0.1) is 6.54 Å². The van der Waals surface area contributed by atoms with Crippen LogP contribution in [0.5, 0.6) is 0 Å².